The molecule has 1 heterocycles. The highest BCUT2D eigenvalue weighted by Gasteiger charge is 2.22. The van der Waals surface area contributed by atoms with E-state index in [1.807, 2.05) is 47.4 Å². The number of hydrogen-bond acceptors (Lipinski definition) is 3. The minimum absolute atomic E-state index is 0.000330. The zero-order valence-corrected chi connectivity index (χ0v) is 16.7. The third kappa shape index (κ3) is 4.91. The largest absolute Gasteiger partial charge is 0.497 e. The second kappa shape index (κ2) is 9.40. The van der Waals surface area contributed by atoms with Gasteiger partial charge < -0.3 is 14.5 Å². The number of benzene rings is 2. The summed E-state index contributed by atoms with van der Waals surface area (Å²) in [5, 5.41) is 0. The fourth-order valence-electron chi connectivity index (χ4n) is 3.64. The van der Waals surface area contributed by atoms with E-state index in [2.05, 4.69) is 6.07 Å². The Labute approximate surface area is 166 Å². The van der Waals surface area contributed by atoms with Crippen LogP contribution in [0.1, 0.15) is 30.9 Å². The quantitative estimate of drug-likeness (QED) is 0.739. The van der Waals surface area contributed by atoms with Gasteiger partial charge in [0.15, 0.2) is 0 Å². The Bertz CT molecular complexity index is 817. The van der Waals surface area contributed by atoms with Gasteiger partial charge in [0.1, 0.15) is 5.75 Å². The molecule has 0 fully saturated rings. The van der Waals surface area contributed by atoms with E-state index in [-0.39, 0.29) is 11.8 Å². The minimum atomic E-state index is 0.000330. The van der Waals surface area contributed by atoms with Gasteiger partial charge in [-0.2, -0.15) is 0 Å². The molecule has 0 N–H and O–H groups in total. The lowest BCUT2D eigenvalue weighted by Gasteiger charge is -2.30. The predicted molar refractivity (Wildman–Crippen MR) is 111 cm³/mol. The van der Waals surface area contributed by atoms with Crippen LogP contribution in [0.15, 0.2) is 48.5 Å². The Hall–Kier alpha value is -2.82. The average Bonchev–Trinajstić information content (AvgIpc) is 2.73. The molecule has 2 aromatic rings. The molecule has 0 unspecified atom stereocenters. The van der Waals surface area contributed by atoms with Crippen LogP contribution < -0.4 is 9.64 Å². The van der Waals surface area contributed by atoms with Crippen LogP contribution in [0, 0.1) is 0 Å². The Morgan fingerprint density at radius 3 is 2.54 bits per heavy atom. The SMILES string of the molecule is COc1ccc(CCN(CCC(=O)N2CCCc3ccccc32)C(C)=O)cc1. The number of carbonyl (C=O) groups excluding carboxylic acids is 2. The molecule has 0 saturated heterocycles. The zero-order valence-electron chi connectivity index (χ0n) is 16.7. The van der Waals surface area contributed by atoms with Crippen molar-refractivity contribution in [3.63, 3.8) is 0 Å². The molecular formula is C23H28N2O3. The highest BCUT2D eigenvalue weighted by Crippen LogP contribution is 2.27. The first-order chi connectivity index (χ1) is 13.6. The van der Waals surface area contributed by atoms with E-state index < -0.39 is 0 Å². The molecule has 3 rings (SSSR count). The third-order valence-electron chi connectivity index (χ3n) is 5.28. The van der Waals surface area contributed by atoms with Crippen molar-refractivity contribution in [3.8, 4) is 5.75 Å². The van der Waals surface area contributed by atoms with E-state index in [1.165, 1.54) is 5.56 Å². The van der Waals surface area contributed by atoms with Crippen molar-refractivity contribution in [1.29, 1.82) is 0 Å². The van der Waals surface area contributed by atoms with Crippen LogP contribution in [0.4, 0.5) is 5.69 Å². The molecule has 0 aromatic heterocycles. The molecule has 148 valence electrons. The van der Waals surface area contributed by atoms with Crippen LogP contribution >= 0.6 is 0 Å². The van der Waals surface area contributed by atoms with Gasteiger partial charge in [0.05, 0.1) is 7.11 Å². The first-order valence-electron chi connectivity index (χ1n) is 9.85. The van der Waals surface area contributed by atoms with Gasteiger partial charge in [-0.1, -0.05) is 30.3 Å². The van der Waals surface area contributed by atoms with E-state index in [0.717, 1.165) is 42.8 Å². The summed E-state index contributed by atoms with van der Waals surface area (Å²) in [5.74, 6) is 0.905. The Kier molecular flexibility index (Phi) is 6.69. The fraction of sp³-hybridized carbons (Fsp3) is 0.391. The van der Waals surface area contributed by atoms with E-state index in [0.29, 0.717) is 19.5 Å². The van der Waals surface area contributed by atoms with Gasteiger partial charge >= 0.3 is 0 Å². The molecule has 0 atom stereocenters. The predicted octanol–water partition coefficient (Wildman–Crippen LogP) is 3.46. The standard InChI is InChI=1S/C23H28N2O3/c1-18(26)24(16-13-19-9-11-21(28-2)12-10-19)17-14-23(27)25-15-5-7-20-6-3-4-8-22(20)25/h3-4,6,8-12H,5,7,13-17H2,1-2H3. The van der Waals surface area contributed by atoms with Crippen molar-refractivity contribution in [2.24, 2.45) is 0 Å². The number of rotatable bonds is 7. The molecule has 1 aliphatic rings. The van der Waals surface area contributed by atoms with Gasteiger partial charge in [-0.05, 0) is 48.6 Å². The summed E-state index contributed by atoms with van der Waals surface area (Å²) in [4.78, 5) is 28.5. The lowest BCUT2D eigenvalue weighted by molar-refractivity contribution is -0.129. The number of para-hydroxylation sites is 1. The van der Waals surface area contributed by atoms with Gasteiger partial charge in [0, 0.05) is 38.7 Å². The maximum atomic E-state index is 12.8. The number of anilines is 1. The fourth-order valence-corrected chi connectivity index (χ4v) is 3.64. The van der Waals surface area contributed by atoms with Crippen LogP contribution in [0.3, 0.4) is 0 Å². The first kappa shape index (κ1) is 19.9. The van der Waals surface area contributed by atoms with Crippen molar-refractivity contribution in [2.75, 3.05) is 31.6 Å². The van der Waals surface area contributed by atoms with E-state index in [1.54, 1.807) is 18.9 Å². The molecule has 5 heteroatoms. The number of methoxy groups -OCH3 is 1. The highest BCUT2D eigenvalue weighted by molar-refractivity contribution is 5.94. The number of ether oxygens (including phenoxy) is 1. The van der Waals surface area contributed by atoms with E-state index >= 15 is 0 Å². The summed E-state index contributed by atoms with van der Waals surface area (Å²) >= 11 is 0. The lowest BCUT2D eigenvalue weighted by Crippen LogP contribution is -2.39. The normalized spacial score (nSPS) is 13.0. The highest BCUT2D eigenvalue weighted by atomic mass is 16.5. The van der Waals surface area contributed by atoms with Crippen molar-refractivity contribution in [3.05, 3.63) is 59.7 Å². The second-order valence-electron chi connectivity index (χ2n) is 7.13. The maximum absolute atomic E-state index is 12.8. The van der Waals surface area contributed by atoms with Gasteiger partial charge in [-0.15, -0.1) is 0 Å². The molecule has 5 nitrogen and oxygen atoms in total. The van der Waals surface area contributed by atoms with Gasteiger partial charge in [0.25, 0.3) is 0 Å². The molecule has 28 heavy (non-hydrogen) atoms. The van der Waals surface area contributed by atoms with E-state index in [4.69, 9.17) is 4.74 Å². The van der Waals surface area contributed by atoms with Crippen molar-refractivity contribution in [1.82, 2.24) is 4.90 Å². The van der Waals surface area contributed by atoms with Gasteiger partial charge in [0.2, 0.25) is 11.8 Å². The number of fused-ring (bicyclic) bond motifs is 1. The molecule has 1 aliphatic heterocycles. The maximum Gasteiger partial charge on any atom is 0.228 e. The number of carbonyl (C=O) groups is 2. The van der Waals surface area contributed by atoms with Crippen LogP contribution in [0.2, 0.25) is 0 Å². The molecule has 0 aliphatic carbocycles. The summed E-state index contributed by atoms with van der Waals surface area (Å²) in [6.07, 6.45) is 3.10. The topological polar surface area (TPSA) is 49.9 Å². The number of amides is 2. The molecule has 2 aromatic carbocycles. The number of hydrogen-bond donors (Lipinski definition) is 0. The Morgan fingerprint density at radius 2 is 1.82 bits per heavy atom. The molecule has 0 saturated carbocycles. The molecular weight excluding hydrogens is 352 g/mol. The zero-order chi connectivity index (χ0) is 19.9. The second-order valence-corrected chi connectivity index (χ2v) is 7.13. The van der Waals surface area contributed by atoms with Gasteiger partial charge in [-0.25, -0.2) is 0 Å². The average molecular weight is 380 g/mol. The molecule has 2 amide bonds. The molecule has 0 bridgehead atoms. The third-order valence-corrected chi connectivity index (χ3v) is 5.28. The monoisotopic (exact) mass is 380 g/mol. The summed E-state index contributed by atoms with van der Waals surface area (Å²) in [5.41, 5.74) is 3.39. The molecule has 0 radical (unpaired) electrons. The Morgan fingerprint density at radius 1 is 1.07 bits per heavy atom. The summed E-state index contributed by atoms with van der Waals surface area (Å²) in [7, 11) is 1.64. The summed E-state index contributed by atoms with van der Waals surface area (Å²) in [6, 6.07) is 15.9. The van der Waals surface area contributed by atoms with Crippen molar-refractivity contribution < 1.29 is 14.3 Å². The van der Waals surface area contributed by atoms with Crippen LogP contribution in [0.5, 0.6) is 5.75 Å². The van der Waals surface area contributed by atoms with Crippen molar-refractivity contribution in [2.45, 2.75) is 32.6 Å². The van der Waals surface area contributed by atoms with Crippen molar-refractivity contribution >= 4 is 17.5 Å². The van der Waals surface area contributed by atoms with Crippen LogP contribution in [-0.4, -0.2) is 43.5 Å². The lowest BCUT2D eigenvalue weighted by atomic mass is 10.0. The van der Waals surface area contributed by atoms with Crippen LogP contribution in [0.25, 0.3) is 0 Å². The Balaban J connectivity index is 1.56. The van der Waals surface area contributed by atoms with Gasteiger partial charge in [-0.3, -0.25) is 9.59 Å². The summed E-state index contributed by atoms with van der Waals surface area (Å²) < 4.78 is 5.17. The van der Waals surface area contributed by atoms with Crippen LogP contribution in [-0.2, 0) is 22.4 Å². The minimum Gasteiger partial charge on any atom is -0.497 e. The number of nitrogens with zero attached hydrogens (tertiary/aromatic N) is 2. The number of aryl methyl sites for hydroxylation is 1. The summed E-state index contributed by atoms with van der Waals surface area (Å²) in [6.45, 7) is 3.37. The molecule has 0 spiro atoms. The first-order valence-corrected chi connectivity index (χ1v) is 9.85. The van der Waals surface area contributed by atoms with E-state index in [9.17, 15) is 9.59 Å². The smallest absolute Gasteiger partial charge is 0.228 e.